The number of halogens is 2. The van der Waals surface area contributed by atoms with Crippen molar-refractivity contribution in [3.05, 3.63) is 40.3 Å². The van der Waals surface area contributed by atoms with Crippen LogP contribution in [0.5, 0.6) is 0 Å². The van der Waals surface area contributed by atoms with Crippen LogP contribution in [0.25, 0.3) is 11.3 Å². The number of nitrogens with two attached hydrogens (primary N) is 1. The van der Waals surface area contributed by atoms with Crippen LogP contribution in [0.15, 0.2) is 18.2 Å². The van der Waals surface area contributed by atoms with Crippen LogP contribution in [0.3, 0.4) is 0 Å². The van der Waals surface area contributed by atoms with E-state index in [-0.39, 0.29) is 34.6 Å². The van der Waals surface area contributed by atoms with Crippen LogP contribution in [0.1, 0.15) is 48.2 Å². The molecular formula is C23H25ClFN5O4. The fourth-order valence-corrected chi connectivity index (χ4v) is 5.58. The third-order valence-corrected chi connectivity index (χ3v) is 7.81. The Kier molecular flexibility index (Phi) is 5.40. The molecule has 1 aliphatic heterocycles. The Labute approximate surface area is 200 Å². The van der Waals surface area contributed by atoms with Crippen molar-refractivity contribution in [3.8, 4) is 11.3 Å². The first-order chi connectivity index (χ1) is 16.2. The van der Waals surface area contributed by atoms with Crippen LogP contribution >= 0.6 is 11.6 Å². The Balaban J connectivity index is 1.39. The molecule has 3 amide bonds. The number of primary amides is 1. The van der Waals surface area contributed by atoms with Gasteiger partial charge in [0.1, 0.15) is 17.1 Å². The monoisotopic (exact) mass is 489 g/mol. The van der Waals surface area contributed by atoms with Crippen molar-refractivity contribution in [2.75, 3.05) is 13.7 Å². The summed E-state index contributed by atoms with van der Waals surface area (Å²) in [4.78, 5) is 40.0. The number of urea groups is 1. The average Bonchev–Trinajstić information content (AvgIpc) is 3.21. The minimum atomic E-state index is -0.877. The summed E-state index contributed by atoms with van der Waals surface area (Å²) in [5.41, 5.74) is 5.78. The second kappa shape index (κ2) is 8.06. The third kappa shape index (κ3) is 3.56. The number of methoxy groups -OCH3 is 1. The summed E-state index contributed by atoms with van der Waals surface area (Å²) in [5.74, 6) is -1.29. The molecule has 180 valence electrons. The van der Waals surface area contributed by atoms with Gasteiger partial charge in [0.15, 0.2) is 5.78 Å². The van der Waals surface area contributed by atoms with Gasteiger partial charge in [-0.3, -0.25) is 14.3 Å². The molecule has 0 radical (unpaired) electrons. The molecule has 9 nitrogen and oxygen atoms in total. The zero-order valence-electron chi connectivity index (χ0n) is 18.7. The van der Waals surface area contributed by atoms with Crippen LogP contribution in [0.4, 0.5) is 9.18 Å². The first-order valence-electron chi connectivity index (χ1n) is 11.2. The number of hydrogen-bond acceptors (Lipinski definition) is 5. The molecular weight excluding hydrogens is 465 g/mol. The van der Waals surface area contributed by atoms with Crippen LogP contribution in [0.2, 0.25) is 5.02 Å². The number of rotatable bonds is 4. The lowest BCUT2D eigenvalue weighted by Crippen LogP contribution is -2.66. The van der Waals surface area contributed by atoms with E-state index in [0.717, 1.165) is 12.8 Å². The molecule has 6 rings (SSSR count). The van der Waals surface area contributed by atoms with Gasteiger partial charge in [0, 0.05) is 25.6 Å². The van der Waals surface area contributed by atoms with Crippen LogP contribution in [0, 0.1) is 5.82 Å². The van der Waals surface area contributed by atoms with Gasteiger partial charge in [-0.2, -0.15) is 5.10 Å². The standard InChI is InChI=1S/C23H25ClFN5O4/c1-34-22-4-6-23(7-5-22,17(31)11-22)27-21(33)29-8-9-30-16(12-29)18(20(26)32)19(28-30)13-2-3-15(25)14(24)10-13/h2-3,10H,4-9,11-12H2,1H3,(H2,26,32)(H,27,33). The second-order valence-corrected chi connectivity index (χ2v) is 9.71. The molecule has 3 aliphatic carbocycles. The van der Waals surface area contributed by atoms with Crippen LogP contribution < -0.4 is 11.1 Å². The predicted molar refractivity (Wildman–Crippen MR) is 121 cm³/mol. The number of ketones is 1. The molecule has 0 spiro atoms. The van der Waals surface area contributed by atoms with E-state index in [2.05, 4.69) is 10.4 Å². The van der Waals surface area contributed by atoms with Crippen molar-refractivity contribution < 1.29 is 23.5 Å². The van der Waals surface area contributed by atoms with Crippen LogP contribution in [-0.4, -0.2) is 57.2 Å². The minimum absolute atomic E-state index is 0.00412. The molecule has 2 heterocycles. The summed E-state index contributed by atoms with van der Waals surface area (Å²) < 4.78 is 20.9. The van der Waals surface area contributed by atoms with Crippen molar-refractivity contribution in [1.82, 2.24) is 20.0 Å². The van der Waals surface area contributed by atoms with E-state index in [1.165, 1.54) is 18.2 Å². The van der Waals surface area contributed by atoms with Gasteiger partial charge < -0.3 is 20.7 Å². The highest BCUT2D eigenvalue weighted by Crippen LogP contribution is 2.46. The first-order valence-corrected chi connectivity index (χ1v) is 11.6. The Morgan fingerprint density at radius 1 is 1.24 bits per heavy atom. The summed E-state index contributed by atoms with van der Waals surface area (Å²) in [6.07, 6.45) is 2.82. The smallest absolute Gasteiger partial charge is 0.318 e. The Hall–Kier alpha value is -2.98. The van der Waals surface area contributed by atoms with E-state index < -0.39 is 22.9 Å². The maximum atomic E-state index is 13.6. The molecule has 0 atom stereocenters. The van der Waals surface area contributed by atoms with Crippen molar-refractivity contribution in [2.24, 2.45) is 5.73 Å². The summed E-state index contributed by atoms with van der Waals surface area (Å²) in [6, 6.07) is 3.70. The minimum Gasteiger partial charge on any atom is -0.378 e. The molecule has 1 aromatic carbocycles. The lowest BCUT2D eigenvalue weighted by atomic mass is 9.62. The second-order valence-electron chi connectivity index (χ2n) is 9.31. The fraction of sp³-hybridized carbons (Fsp3) is 0.478. The van der Waals surface area contributed by atoms with Gasteiger partial charge in [-0.15, -0.1) is 0 Å². The summed E-state index contributed by atoms with van der Waals surface area (Å²) in [7, 11) is 1.63. The maximum Gasteiger partial charge on any atom is 0.318 e. The SMILES string of the molecule is COC12CCC(NC(=O)N3CCn4nc(-c5ccc(F)c(Cl)c5)c(C(N)=O)c4C3)(CC1)C(=O)C2. The number of aromatic nitrogens is 2. The largest absolute Gasteiger partial charge is 0.378 e. The quantitative estimate of drug-likeness (QED) is 0.684. The van der Waals surface area contributed by atoms with Crippen molar-refractivity contribution in [1.29, 1.82) is 0 Å². The molecule has 3 N–H and O–H groups in total. The van der Waals surface area contributed by atoms with E-state index >= 15 is 0 Å². The molecule has 0 saturated heterocycles. The number of carbonyl (C=O) groups is 3. The molecule has 4 aliphatic rings. The van der Waals surface area contributed by atoms with Gasteiger partial charge >= 0.3 is 6.03 Å². The molecule has 3 saturated carbocycles. The van der Waals surface area contributed by atoms with Gasteiger partial charge in [0.05, 0.1) is 35.0 Å². The topological polar surface area (TPSA) is 120 Å². The summed E-state index contributed by atoms with van der Waals surface area (Å²) in [6.45, 7) is 0.776. The van der Waals surface area contributed by atoms with Gasteiger partial charge in [-0.25, -0.2) is 9.18 Å². The molecule has 0 unspecified atom stereocenters. The number of hydrogen-bond donors (Lipinski definition) is 2. The fourth-order valence-electron chi connectivity index (χ4n) is 5.40. The van der Waals surface area contributed by atoms with Gasteiger partial charge in [-0.05, 0) is 43.9 Å². The number of ether oxygens (including phenoxy) is 1. The molecule has 3 fully saturated rings. The number of fused-ring (bicyclic) bond motifs is 4. The Bertz CT molecular complexity index is 1200. The number of carbonyl (C=O) groups excluding carboxylic acids is 3. The average molecular weight is 490 g/mol. The first kappa shape index (κ1) is 22.8. The van der Waals surface area contributed by atoms with Gasteiger partial charge in [-0.1, -0.05) is 11.6 Å². The van der Waals surface area contributed by atoms with Crippen LogP contribution in [-0.2, 0) is 22.6 Å². The maximum absolute atomic E-state index is 13.6. The van der Waals surface area contributed by atoms with E-state index in [4.69, 9.17) is 22.1 Å². The van der Waals surface area contributed by atoms with E-state index in [1.54, 1.807) is 16.7 Å². The molecule has 11 heteroatoms. The highest BCUT2D eigenvalue weighted by atomic mass is 35.5. The lowest BCUT2D eigenvalue weighted by molar-refractivity contribution is -0.151. The van der Waals surface area contributed by atoms with Crippen molar-refractivity contribution in [3.63, 3.8) is 0 Å². The predicted octanol–water partition coefficient (Wildman–Crippen LogP) is 2.64. The van der Waals surface area contributed by atoms with Crippen molar-refractivity contribution in [2.45, 2.75) is 56.3 Å². The van der Waals surface area contributed by atoms with E-state index in [9.17, 15) is 18.8 Å². The van der Waals surface area contributed by atoms with E-state index in [1.807, 2.05) is 0 Å². The van der Waals surface area contributed by atoms with Gasteiger partial charge in [0.2, 0.25) is 0 Å². The zero-order valence-corrected chi connectivity index (χ0v) is 19.5. The summed E-state index contributed by atoms with van der Waals surface area (Å²) in [5, 5.41) is 7.39. The van der Waals surface area contributed by atoms with Gasteiger partial charge in [0.25, 0.3) is 5.91 Å². The number of Topliss-reactive ketones (excluding diaryl/α,β-unsaturated/α-hetero) is 1. The normalized spacial score (nSPS) is 25.9. The highest BCUT2D eigenvalue weighted by molar-refractivity contribution is 6.31. The number of nitrogens with one attached hydrogen (secondary N) is 1. The molecule has 34 heavy (non-hydrogen) atoms. The molecule has 2 aromatic rings. The Morgan fingerprint density at radius 3 is 2.59 bits per heavy atom. The zero-order chi connectivity index (χ0) is 24.3. The lowest BCUT2D eigenvalue weighted by Gasteiger charge is -2.51. The third-order valence-electron chi connectivity index (χ3n) is 7.52. The van der Waals surface area contributed by atoms with E-state index in [0.29, 0.717) is 43.6 Å². The molecule has 2 bridgehead atoms. The number of amides is 3. The van der Waals surface area contributed by atoms with Crippen molar-refractivity contribution >= 4 is 29.3 Å². The summed E-state index contributed by atoms with van der Waals surface area (Å²) >= 11 is 5.92. The molecule has 1 aromatic heterocycles. The number of nitrogens with zero attached hydrogens (tertiary/aromatic N) is 3. The highest BCUT2D eigenvalue weighted by Gasteiger charge is 2.55. The Morgan fingerprint density at radius 2 is 1.97 bits per heavy atom. The number of benzene rings is 1.